The Morgan fingerprint density at radius 3 is 2.96 bits per heavy atom. The quantitative estimate of drug-likeness (QED) is 0.503. The highest BCUT2D eigenvalue weighted by atomic mass is 16.1. The van der Waals surface area contributed by atoms with Crippen molar-refractivity contribution < 1.29 is 4.79 Å². The molecule has 1 aliphatic rings. The summed E-state index contributed by atoms with van der Waals surface area (Å²) < 4.78 is 0. The number of carbonyl (C=O) groups excluding carboxylic acids is 1. The molecule has 0 saturated carbocycles. The fraction of sp³-hybridized carbons (Fsp3) is 0.143. The Morgan fingerprint density at radius 2 is 2.04 bits per heavy atom. The van der Waals surface area contributed by atoms with Crippen LogP contribution in [-0.2, 0) is 6.42 Å². The van der Waals surface area contributed by atoms with Crippen molar-refractivity contribution in [2.75, 3.05) is 0 Å². The van der Waals surface area contributed by atoms with Gasteiger partial charge < -0.3 is 9.97 Å². The molecule has 4 nitrogen and oxygen atoms in total. The fourth-order valence-corrected chi connectivity index (χ4v) is 3.78. The molecule has 25 heavy (non-hydrogen) atoms. The lowest BCUT2D eigenvalue weighted by molar-refractivity contribution is 0.102. The average Bonchev–Trinajstić information content (AvgIpc) is 3.22. The van der Waals surface area contributed by atoms with Crippen LogP contribution in [0.2, 0.25) is 0 Å². The Hall–Kier alpha value is -3.14. The van der Waals surface area contributed by atoms with E-state index in [1.54, 1.807) is 6.20 Å². The number of ketones is 1. The van der Waals surface area contributed by atoms with E-state index in [0.29, 0.717) is 0 Å². The zero-order valence-corrected chi connectivity index (χ0v) is 13.9. The molecule has 4 heteroatoms. The van der Waals surface area contributed by atoms with Gasteiger partial charge in [-0.2, -0.15) is 0 Å². The first kappa shape index (κ1) is 14.2. The van der Waals surface area contributed by atoms with Gasteiger partial charge in [0.1, 0.15) is 5.65 Å². The van der Waals surface area contributed by atoms with Gasteiger partial charge in [-0.15, -0.1) is 0 Å². The summed E-state index contributed by atoms with van der Waals surface area (Å²) in [5.41, 5.74) is 6.89. The Kier molecular flexibility index (Phi) is 2.95. The monoisotopic (exact) mass is 327 g/mol. The maximum atomic E-state index is 13.0. The summed E-state index contributed by atoms with van der Waals surface area (Å²) in [4.78, 5) is 23.8. The number of hydrogen-bond donors (Lipinski definition) is 2. The number of pyridine rings is 1. The van der Waals surface area contributed by atoms with Crippen molar-refractivity contribution in [1.29, 1.82) is 0 Å². The first-order valence-electron chi connectivity index (χ1n) is 8.49. The highest BCUT2D eigenvalue weighted by Crippen LogP contribution is 2.33. The van der Waals surface area contributed by atoms with Crippen LogP contribution in [0.5, 0.6) is 0 Å². The molecule has 0 unspecified atom stereocenters. The summed E-state index contributed by atoms with van der Waals surface area (Å²) in [5.74, 6) is 0.107. The van der Waals surface area contributed by atoms with Crippen LogP contribution < -0.4 is 0 Å². The molecule has 0 saturated heterocycles. The van der Waals surface area contributed by atoms with Crippen LogP contribution in [-0.4, -0.2) is 20.7 Å². The van der Waals surface area contributed by atoms with E-state index in [4.69, 9.17) is 0 Å². The smallest absolute Gasteiger partial charge is 0.205 e. The third-order valence-corrected chi connectivity index (χ3v) is 5.05. The molecule has 0 spiro atoms. The van der Waals surface area contributed by atoms with Gasteiger partial charge in [-0.3, -0.25) is 4.79 Å². The second kappa shape index (κ2) is 5.18. The zero-order valence-electron chi connectivity index (χ0n) is 13.9. The molecule has 0 aliphatic heterocycles. The normalized spacial score (nSPS) is 16.0. The number of carbonyl (C=O) groups is 1. The molecule has 0 amide bonds. The third-order valence-electron chi connectivity index (χ3n) is 5.05. The number of hydrogen-bond acceptors (Lipinski definition) is 2. The minimum absolute atomic E-state index is 0.107. The van der Waals surface area contributed by atoms with Crippen LogP contribution in [0.4, 0.5) is 0 Å². The molecule has 0 radical (unpaired) electrons. The average molecular weight is 327 g/mol. The maximum absolute atomic E-state index is 13.0. The molecular formula is C21H17N3O. The van der Waals surface area contributed by atoms with Crippen molar-refractivity contribution in [1.82, 2.24) is 15.0 Å². The third kappa shape index (κ3) is 2.14. The summed E-state index contributed by atoms with van der Waals surface area (Å²) in [6.07, 6.45) is 7.31. The Balaban J connectivity index is 1.63. The molecule has 4 aromatic rings. The zero-order chi connectivity index (χ0) is 17.0. The summed E-state index contributed by atoms with van der Waals surface area (Å²) in [6, 6.07) is 10.3. The van der Waals surface area contributed by atoms with Crippen molar-refractivity contribution in [3.05, 3.63) is 70.7 Å². The summed E-state index contributed by atoms with van der Waals surface area (Å²) >= 11 is 0. The fourth-order valence-electron chi connectivity index (χ4n) is 3.78. The van der Waals surface area contributed by atoms with E-state index in [1.165, 1.54) is 10.9 Å². The van der Waals surface area contributed by atoms with Gasteiger partial charge in [-0.1, -0.05) is 11.6 Å². The molecule has 1 aromatic carbocycles. The number of aromatic nitrogens is 3. The Morgan fingerprint density at radius 1 is 1.12 bits per heavy atom. The number of Topliss-reactive ketones (excluding diaryl/α,β-unsaturated/α-hetero) is 1. The lowest BCUT2D eigenvalue weighted by Crippen LogP contribution is -2.13. The Labute approximate surface area is 144 Å². The van der Waals surface area contributed by atoms with Gasteiger partial charge in [0.15, 0.2) is 0 Å². The van der Waals surface area contributed by atoms with Crippen molar-refractivity contribution in [2.24, 2.45) is 0 Å². The first-order chi connectivity index (χ1) is 12.2. The summed E-state index contributed by atoms with van der Waals surface area (Å²) in [5, 5.41) is 2.22. The molecule has 5 rings (SSSR count). The minimum Gasteiger partial charge on any atom is -0.352 e. The molecule has 0 bridgehead atoms. The van der Waals surface area contributed by atoms with Crippen LogP contribution >= 0.6 is 0 Å². The number of allylic oxidation sites excluding steroid dienone is 1. The molecule has 3 aromatic heterocycles. The number of nitrogens with one attached hydrogen (secondary N) is 2. The highest BCUT2D eigenvalue weighted by molar-refractivity contribution is 6.15. The van der Waals surface area contributed by atoms with Crippen LogP contribution in [0.25, 0.3) is 28.0 Å². The first-order valence-corrected chi connectivity index (χ1v) is 8.49. The lowest BCUT2D eigenvalue weighted by Gasteiger charge is -2.14. The van der Waals surface area contributed by atoms with Gasteiger partial charge in [0, 0.05) is 34.3 Å². The van der Waals surface area contributed by atoms with Crippen molar-refractivity contribution in [3.63, 3.8) is 0 Å². The van der Waals surface area contributed by atoms with Crippen molar-refractivity contribution >= 4 is 33.8 Å². The van der Waals surface area contributed by atoms with Crippen LogP contribution in [0.15, 0.2) is 48.3 Å². The molecule has 2 N–H and O–H groups in total. The number of nitrogens with zero attached hydrogens (tertiary/aromatic N) is 1. The predicted molar refractivity (Wildman–Crippen MR) is 99.8 cm³/mol. The second-order valence-corrected chi connectivity index (χ2v) is 6.67. The van der Waals surface area contributed by atoms with E-state index in [1.807, 2.05) is 24.4 Å². The predicted octanol–water partition coefficient (Wildman–Crippen LogP) is 4.57. The number of fused-ring (bicyclic) bond motifs is 4. The Bertz CT molecular complexity index is 1180. The standard InChI is InChI=1S/C21H17N3O/c1-12-2-5-18-17(10-12)16-4-3-14(20(25)19(16)24-18)11-13-6-8-22-21-15(13)7-9-23-21/h2,5-11,24H,3-4H2,1H3,(H,22,23)/b14-11+. The van der Waals surface area contributed by atoms with Crippen LogP contribution in [0.3, 0.4) is 0 Å². The van der Waals surface area contributed by atoms with E-state index in [-0.39, 0.29) is 5.78 Å². The van der Waals surface area contributed by atoms with E-state index in [0.717, 1.165) is 51.8 Å². The molecular weight excluding hydrogens is 310 g/mol. The molecule has 122 valence electrons. The SMILES string of the molecule is Cc1ccc2[nH]c3c(c2c1)CC/C(=C\c1ccnc2[nH]ccc12)C3=O. The number of rotatable bonds is 1. The maximum Gasteiger partial charge on any atom is 0.205 e. The van der Waals surface area contributed by atoms with Crippen molar-refractivity contribution in [2.45, 2.75) is 19.8 Å². The van der Waals surface area contributed by atoms with E-state index in [9.17, 15) is 4.79 Å². The van der Waals surface area contributed by atoms with E-state index >= 15 is 0 Å². The van der Waals surface area contributed by atoms with E-state index < -0.39 is 0 Å². The van der Waals surface area contributed by atoms with Crippen LogP contribution in [0, 0.1) is 6.92 Å². The van der Waals surface area contributed by atoms with Gasteiger partial charge in [0.25, 0.3) is 0 Å². The van der Waals surface area contributed by atoms with Crippen LogP contribution in [0.1, 0.15) is 33.6 Å². The summed E-state index contributed by atoms with van der Waals surface area (Å²) in [6.45, 7) is 2.08. The number of H-pyrrole nitrogens is 2. The number of benzene rings is 1. The minimum atomic E-state index is 0.107. The van der Waals surface area contributed by atoms with Gasteiger partial charge in [-0.05, 0) is 61.2 Å². The largest absolute Gasteiger partial charge is 0.352 e. The van der Waals surface area contributed by atoms with Crippen molar-refractivity contribution in [3.8, 4) is 0 Å². The second-order valence-electron chi connectivity index (χ2n) is 6.67. The summed E-state index contributed by atoms with van der Waals surface area (Å²) in [7, 11) is 0. The topological polar surface area (TPSA) is 61.5 Å². The lowest BCUT2D eigenvalue weighted by atomic mass is 9.89. The van der Waals surface area contributed by atoms with Gasteiger partial charge in [0.05, 0.1) is 5.69 Å². The van der Waals surface area contributed by atoms with Gasteiger partial charge in [-0.25, -0.2) is 4.98 Å². The van der Waals surface area contributed by atoms with Gasteiger partial charge >= 0.3 is 0 Å². The molecule has 0 atom stereocenters. The molecule has 3 heterocycles. The van der Waals surface area contributed by atoms with Gasteiger partial charge in [0.2, 0.25) is 5.78 Å². The van der Waals surface area contributed by atoms with E-state index in [2.05, 4.69) is 40.1 Å². The number of aromatic amines is 2. The highest BCUT2D eigenvalue weighted by Gasteiger charge is 2.26. The molecule has 1 aliphatic carbocycles. The molecule has 0 fully saturated rings. The number of aryl methyl sites for hydroxylation is 2.